The van der Waals surface area contributed by atoms with Crippen LogP contribution in [0.5, 0.6) is 0 Å². The average Bonchev–Trinajstić information content (AvgIpc) is 3.22. The molecule has 1 fully saturated rings. The lowest BCUT2D eigenvalue weighted by molar-refractivity contribution is 0.0696. The van der Waals surface area contributed by atoms with E-state index in [1.165, 1.54) is 22.8 Å². The molecule has 1 aliphatic rings. The minimum atomic E-state index is -3.37. The molecule has 1 aromatic carbocycles. The number of fused-ring (bicyclic) bond motifs is 1. The van der Waals surface area contributed by atoms with Crippen LogP contribution in [0.25, 0.3) is 11.0 Å². The van der Waals surface area contributed by atoms with Gasteiger partial charge in [-0.1, -0.05) is 12.1 Å². The fourth-order valence-electron chi connectivity index (χ4n) is 3.02. The largest absolute Gasteiger partial charge is 0.478 e. The summed E-state index contributed by atoms with van der Waals surface area (Å²) in [5, 5.41) is 15.7. The zero-order chi connectivity index (χ0) is 21.7. The summed E-state index contributed by atoms with van der Waals surface area (Å²) in [7, 11) is -3.37. The SMILES string of the molecule is NCc1ccc(S(=O)(=O)N2CCC(N)CC2)cc1.O=C(O)c1cnc2[nH]ncc2c1. The molecule has 6 N–H and O–H groups in total. The molecule has 0 aliphatic carbocycles. The average molecular weight is 433 g/mol. The number of benzene rings is 1. The molecule has 10 nitrogen and oxygen atoms in total. The predicted octanol–water partition coefficient (Wildman–Crippen LogP) is 0.913. The van der Waals surface area contributed by atoms with Gasteiger partial charge in [-0.15, -0.1) is 0 Å². The number of hydrogen-bond acceptors (Lipinski definition) is 7. The minimum Gasteiger partial charge on any atom is -0.478 e. The molecule has 0 bridgehead atoms. The number of aromatic carboxylic acids is 1. The Morgan fingerprint density at radius 1 is 1.20 bits per heavy atom. The first-order valence-electron chi connectivity index (χ1n) is 9.38. The van der Waals surface area contributed by atoms with Crippen LogP contribution in [0.15, 0.2) is 47.6 Å². The fourth-order valence-corrected chi connectivity index (χ4v) is 4.49. The molecular weight excluding hydrogens is 408 g/mol. The molecule has 1 aliphatic heterocycles. The lowest BCUT2D eigenvalue weighted by atomic mass is 10.1. The first-order chi connectivity index (χ1) is 14.3. The van der Waals surface area contributed by atoms with Gasteiger partial charge in [-0.25, -0.2) is 18.2 Å². The van der Waals surface area contributed by atoms with E-state index in [-0.39, 0.29) is 11.6 Å². The van der Waals surface area contributed by atoms with E-state index in [0.717, 1.165) is 18.4 Å². The third kappa shape index (κ3) is 5.00. The van der Waals surface area contributed by atoms with Gasteiger partial charge in [0.15, 0.2) is 5.65 Å². The second-order valence-corrected chi connectivity index (χ2v) is 8.86. The fraction of sp³-hybridized carbons (Fsp3) is 0.316. The second kappa shape index (κ2) is 9.30. The third-order valence-corrected chi connectivity index (χ3v) is 6.75. The van der Waals surface area contributed by atoms with Crippen molar-refractivity contribution in [3.8, 4) is 0 Å². The normalized spacial score (nSPS) is 15.5. The number of carboxylic acids is 1. The van der Waals surface area contributed by atoms with Crippen LogP contribution in [0.2, 0.25) is 0 Å². The van der Waals surface area contributed by atoms with Crippen molar-refractivity contribution >= 4 is 27.0 Å². The van der Waals surface area contributed by atoms with Gasteiger partial charge in [-0.3, -0.25) is 5.10 Å². The summed E-state index contributed by atoms with van der Waals surface area (Å²) in [5.74, 6) is -0.981. The van der Waals surface area contributed by atoms with Crippen LogP contribution < -0.4 is 11.5 Å². The van der Waals surface area contributed by atoms with Crippen LogP contribution in [0, 0.1) is 0 Å². The Morgan fingerprint density at radius 3 is 2.47 bits per heavy atom. The maximum Gasteiger partial charge on any atom is 0.337 e. The molecular formula is C19H24N6O4S. The van der Waals surface area contributed by atoms with E-state index in [4.69, 9.17) is 16.6 Å². The molecule has 11 heteroatoms. The smallest absolute Gasteiger partial charge is 0.337 e. The van der Waals surface area contributed by atoms with Gasteiger partial charge in [0.05, 0.1) is 16.7 Å². The Hall–Kier alpha value is -2.86. The molecule has 3 heterocycles. The Kier molecular flexibility index (Phi) is 6.77. The highest BCUT2D eigenvalue weighted by atomic mass is 32.2. The molecule has 0 spiro atoms. The number of hydrogen-bond donors (Lipinski definition) is 4. The van der Waals surface area contributed by atoms with Gasteiger partial charge in [0, 0.05) is 37.3 Å². The predicted molar refractivity (Wildman–Crippen MR) is 111 cm³/mol. The molecule has 2 aromatic heterocycles. The summed E-state index contributed by atoms with van der Waals surface area (Å²) in [6, 6.07) is 8.38. The monoisotopic (exact) mass is 432 g/mol. The Balaban J connectivity index is 0.000000184. The topological polar surface area (TPSA) is 168 Å². The van der Waals surface area contributed by atoms with Gasteiger partial charge < -0.3 is 16.6 Å². The second-order valence-electron chi connectivity index (χ2n) is 6.93. The Labute approximate surface area is 173 Å². The van der Waals surface area contributed by atoms with Crippen LogP contribution in [-0.2, 0) is 16.6 Å². The van der Waals surface area contributed by atoms with Crippen molar-refractivity contribution in [3.05, 3.63) is 53.9 Å². The number of aromatic nitrogens is 3. The van der Waals surface area contributed by atoms with E-state index in [0.29, 0.717) is 35.6 Å². The highest BCUT2D eigenvalue weighted by Crippen LogP contribution is 2.20. The molecule has 0 saturated carbocycles. The van der Waals surface area contributed by atoms with Crippen molar-refractivity contribution in [1.82, 2.24) is 19.5 Å². The van der Waals surface area contributed by atoms with Crippen LogP contribution in [0.1, 0.15) is 28.8 Å². The van der Waals surface area contributed by atoms with Gasteiger partial charge in [0.25, 0.3) is 0 Å². The van der Waals surface area contributed by atoms with Crippen molar-refractivity contribution in [2.24, 2.45) is 11.5 Å². The third-order valence-electron chi connectivity index (χ3n) is 4.83. The molecule has 160 valence electrons. The number of pyridine rings is 1. The number of rotatable bonds is 4. The van der Waals surface area contributed by atoms with Gasteiger partial charge >= 0.3 is 5.97 Å². The van der Waals surface area contributed by atoms with Gasteiger partial charge in [-0.2, -0.15) is 9.40 Å². The van der Waals surface area contributed by atoms with Gasteiger partial charge in [-0.05, 0) is 36.6 Å². The molecule has 1 saturated heterocycles. The summed E-state index contributed by atoms with van der Waals surface area (Å²) >= 11 is 0. The molecule has 3 aromatic rings. The minimum absolute atomic E-state index is 0.121. The summed E-state index contributed by atoms with van der Waals surface area (Å²) < 4.78 is 26.2. The molecule has 30 heavy (non-hydrogen) atoms. The van der Waals surface area contributed by atoms with E-state index in [9.17, 15) is 13.2 Å². The van der Waals surface area contributed by atoms with E-state index in [1.54, 1.807) is 24.3 Å². The number of nitrogens with two attached hydrogens (primary N) is 2. The lowest BCUT2D eigenvalue weighted by Crippen LogP contribution is -2.42. The van der Waals surface area contributed by atoms with Crippen molar-refractivity contribution in [3.63, 3.8) is 0 Å². The number of nitrogens with zero attached hydrogens (tertiary/aromatic N) is 3. The quantitative estimate of drug-likeness (QED) is 0.472. The molecule has 0 radical (unpaired) electrons. The summed E-state index contributed by atoms with van der Waals surface area (Å²) in [6.45, 7) is 1.42. The van der Waals surface area contributed by atoms with Crippen molar-refractivity contribution < 1.29 is 18.3 Å². The number of carbonyl (C=O) groups is 1. The Morgan fingerprint density at radius 2 is 1.87 bits per heavy atom. The zero-order valence-corrected chi connectivity index (χ0v) is 17.0. The molecule has 0 atom stereocenters. The summed E-state index contributed by atoms with van der Waals surface area (Å²) in [5.41, 5.74) is 13.0. The Bertz CT molecular complexity index is 1110. The summed E-state index contributed by atoms with van der Waals surface area (Å²) in [6.07, 6.45) is 4.28. The number of nitrogens with one attached hydrogen (secondary N) is 1. The van der Waals surface area contributed by atoms with Crippen molar-refractivity contribution in [2.75, 3.05) is 13.1 Å². The number of H-pyrrole nitrogens is 1. The van der Waals surface area contributed by atoms with Crippen LogP contribution in [0.3, 0.4) is 0 Å². The van der Waals surface area contributed by atoms with Gasteiger partial charge in [0.1, 0.15) is 0 Å². The highest BCUT2D eigenvalue weighted by Gasteiger charge is 2.27. The lowest BCUT2D eigenvalue weighted by Gasteiger charge is -2.29. The zero-order valence-electron chi connectivity index (χ0n) is 16.2. The van der Waals surface area contributed by atoms with Crippen LogP contribution in [-0.4, -0.2) is 58.1 Å². The summed E-state index contributed by atoms with van der Waals surface area (Å²) in [4.78, 5) is 14.7. The number of aromatic amines is 1. The van der Waals surface area contributed by atoms with E-state index in [2.05, 4.69) is 15.2 Å². The first kappa shape index (κ1) is 21.8. The standard InChI is InChI=1S/C12H19N3O2S.C7H5N3O2/c13-9-10-1-3-12(4-2-10)18(16,17)15-7-5-11(14)6-8-15;11-7(12)5-1-4-3-9-10-6(4)8-2-5/h1-4,11H,5-9,13-14H2;1-3H,(H,11,12)(H,8,9,10). The maximum atomic E-state index is 12.3. The molecule has 0 unspecified atom stereocenters. The number of piperidine rings is 1. The van der Waals surface area contributed by atoms with Crippen LogP contribution in [0.4, 0.5) is 0 Å². The van der Waals surface area contributed by atoms with E-state index < -0.39 is 16.0 Å². The molecule has 0 amide bonds. The van der Waals surface area contributed by atoms with Crippen molar-refractivity contribution in [2.45, 2.75) is 30.3 Å². The van der Waals surface area contributed by atoms with E-state index >= 15 is 0 Å². The van der Waals surface area contributed by atoms with E-state index in [1.807, 2.05) is 0 Å². The maximum absolute atomic E-state index is 12.3. The molecule has 4 rings (SSSR count). The number of carboxylic acid groups (broad SMARTS) is 1. The van der Waals surface area contributed by atoms with Crippen LogP contribution >= 0.6 is 0 Å². The number of sulfonamides is 1. The van der Waals surface area contributed by atoms with Crippen molar-refractivity contribution in [1.29, 1.82) is 0 Å². The van der Waals surface area contributed by atoms with Gasteiger partial charge in [0.2, 0.25) is 10.0 Å². The first-order valence-corrected chi connectivity index (χ1v) is 10.8. The highest BCUT2D eigenvalue weighted by molar-refractivity contribution is 7.89.